The second-order valence-electron chi connectivity index (χ2n) is 5.21. The molecule has 20 nitrogen and oxygen atoms in total. The van der Waals surface area contributed by atoms with Gasteiger partial charge in [-0.2, -0.15) is 0 Å². The molecule has 0 aromatic rings. The maximum Gasteiger partial charge on any atom is 0.466 e. The van der Waals surface area contributed by atoms with E-state index in [1.165, 1.54) is 0 Å². The quantitative estimate of drug-likeness (QED) is 0.0642. The van der Waals surface area contributed by atoms with Crippen molar-refractivity contribution in [2.75, 3.05) is 33.1 Å². The van der Waals surface area contributed by atoms with Crippen molar-refractivity contribution in [3.05, 3.63) is 61.3 Å². The fourth-order valence-corrected chi connectivity index (χ4v) is 1.83. The molecule has 0 saturated carbocycles. The van der Waals surface area contributed by atoms with Crippen molar-refractivity contribution in [2.24, 2.45) is 10.2 Å². The van der Waals surface area contributed by atoms with Crippen LogP contribution in [0.25, 0.3) is 20.9 Å². The van der Waals surface area contributed by atoms with Crippen LogP contribution in [0.4, 0.5) is 0 Å². The fraction of sp³-hybridized carbons (Fsp3) is 1.00. The second-order valence-corrected chi connectivity index (χ2v) is 5.21. The average Bonchev–Trinajstić information content (AvgIpc) is 2.64. The van der Waals surface area contributed by atoms with E-state index in [4.69, 9.17) is 20.5 Å². The minimum Gasteiger partial charge on any atom is -0.355 e. The van der Waals surface area contributed by atoms with E-state index in [1.807, 2.05) is 0 Å². The Hall–Kier alpha value is -3.86. The Morgan fingerprint density at radius 3 is 1.28 bits per heavy atom. The van der Waals surface area contributed by atoms with Gasteiger partial charge in [-0.05, 0) is 11.1 Å². The van der Waals surface area contributed by atoms with Crippen molar-refractivity contribution in [1.29, 1.82) is 0 Å². The van der Waals surface area contributed by atoms with E-state index in [0.717, 1.165) is 0 Å². The molecule has 0 aliphatic rings. The highest BCUT2D eigenvalue weighted by molar-refractivity contribution is 4.72. The number of ether oxygens (including phenoxy) is 2. The third kappa shape index (κ3) is 6.66. The first-order valence-electron chi connectivity index (χ1n) is 7.36. The van der Waals surface area contributed by atoms with E-state index in [2.05, 4.69) is 20.1 Å². The molecule has 0 radical (unpaired) electrons. The molecule has 0 aromatic carbocycles. The molecular formula is C9H14N10O10. The van der Waals surface area contributed by atoms with E-state index >= 15 is 0 Å². The van der Waals surface area contributed by atoms with E-state index < -0.39 is 77.0 Å². The highest BCUT2D eigenvalue weighted by Crippen LogP contribution is 2.19. The summed E-state index contributed by atoms with van der Waals surface area (Å²) in [4.78, 5) is 43.5. The fourth-order valence-electron chi connectivity index (χ4n) is 1.83. The van der Waals surface area contributed by atoms with Gasteiger partial charge in [-0.1, -0.05) is 10.2 Å². The van der Waals surface area contributed by atoms with Crippen LogP contribution in [0.2, 0.25) is 0 Å². The van der Waals surface area contributed by atoms with E-state index in [0.29, 0.717) is 0 Å². The van der Waals surface area contributed by atoms with Crippen LogP contribution in [-0.4, -0.2) is 64.1 Å². The topological polar surface area (TPSA) is 289 Å². The summed E-state index contributed by atoms with van der Waals surface area (Å²) in [6.45, 7) is -3.96. The van der Waals surface area contributed by atoms with Gasteiger partial charge in [-0.15, -0.1) is 0 Å². The SMILES string of the molecule is [N-]=[N+]=NCC(CCOCOCCC(CN=[N+]=[N-])([N+](=O)[O-])[N+](=O)[O-])([N+](=O)[O-])[N+](=O)[O-]. The molecule has 0 amide bonds. The maximum atomic E-state index is 11.0. The summed E-state index contributed by atoms with van der Waals surface area (Å²) < 4.78 is 9.60. The van der Waals surface area contributed by atoms with Crippen LogP contribution >= 0.6 is 0 Å². The Morgan fingerprint density at radius 2 is 1.03 bits per heavy atom. The molecule has 29 heavy (non-hydrogen) atoms. The molecule has 0 unspecified atom stereocenters. The number of nitrogens with zero attached hydrogens (tertiary/aromatic N) is 10. The monoisotopic (exact) mass is 422 g/mol. The van der Waals surface area contributed by atoms with Crippen molar-refractivity contribution < 1.29 is 29.2 Å². The van der Waals surface area contributed by atoms with Crippen molar-refractivity contribution in [3.8, 4) is 0 Å². The Balaban J connectivity index is 4.70. The molecule has 0 rings (SSSR count). The number of hydrogen-bond acceptors (Lipinski definition) is 12. The molecule has 20 heteroatoms. The molecular weight excluding hydrogens is 408 g/mol. The summed E-state index contributed by atoms with van der Waals surface area (Å²) in [5, 5.41) is 49.7. The molecule has 0 saturated heterocycles. The summed E-state index contributed by atoms with van der Waals surface area (Å²) in [7, 11) is 0. The van der Waals surface area contributed by atoms with Gasteiger partial charge in [0, 0.05) is 9.82 Å². The van der Waals surface area contributed by atoms with Crippen LogP contribution in [0, 0.1) is 40.5 Å². The molecule has 0 aliphatic heterocycles. The Kier molecular flexibility index (Phi) is 10.2. The number of hydrogen-bond donors (Lipinski definition) is 0. The largest absolute Gasteiger partial charge is 0.466 e. The van der Waals surface area contributed by atoms with Gasteiger partial charge in [0.25, 0.3) is 0 Å². The second kappa shape index (κ2) is 11.8. The van der Waals surface area contributed by atoms with Gasteiger partial charge in [0.15, 0.2) is 13.1 Å². The molecule has 0 N–H and O–H groups in total. The molecule has 0 spiro atoms. The molecule has 0 heterocycles. The van der Waals surface area contributed by atoms with Gasteiger partial charge in [0.05, 0.1) is 32.9 Å². The summed E-state index contributed by atoms with van der Waals surface area (Å²) >= 11 is 0. The molecule has 0 fully saturated rings. The first-order chi connectivity index (χ1) is 13.6. The lowest BCUT2D eigenvalue weighted by molar-refractivity contribution is -0.794. The van der Waals surface area contributed by atoms with Gasteiger partial charge in [0.1, 0.15) is 19.6 Å². The zero-order chi connectivity index (χ0) is 22.5. The van der Waals surface area contributed by atoms with Crippen molar-refractivity contribution in [1.82, 2.24) is 0 Å². The van der Waals surface area contributed by atoms with Crippen molar-refractivity contribution in [3.63, 3.8) is 0 Å². The number of azide groups is 2. The lowest BCUT2D eigenvalue weighted by atomic mass is 10.1. The van der Waals surface area contributed by atoms with Crippen LogP contribution in [0.5, 0.6) is 0 Å². The lowest BCUT2D eigenvalue weighted by Crippen LogP contribution is -2.50. The molecule has 0 bridgehead atoms. The van der Waals surface area contributed by atoms with Crippen LogP contribution in [0.15, 0.2) is 10.2 Å². The van der Waals surface area contributed by atoms with E-state index in [1.54, 1.807) is 0 Å². The summed E-state index contributed by atoms with van der Waals surface area (Å²) in [5.41, 5.74) is 10.8. The standard InChI is InChI=1S/C9H14N10O10/c10-14-12-5-8(16(20)21,17(22)23)1-3-28-7-29-4-2-9(18(24)25,19(26)27)6-13-15-11/h1-7H2. The van der Waals surface area contributed by atoms with Crippen molar-refractivity contribution >= 4 is 0 Å². The highest BCUT2D eigenvalue weighted by Gasteiger charge is 2.56. The van der Waals surface area contributed by atoms with Crippen LogP contribution < -0.4 is 0 Å². The van der Waals surface area contributed by atoms with E-state index in [9.17, 15) is 40.5 Å². The predicted octanol–water partition coefficient (Wildman–Crippen LogP) is 0.877. The molecule has 0 aromatic heterocycles. The van der Waals surface area contributed by atoms with E-state index in [-0.39, 0.29) is 0 Å². The number of rotatable bonds is 16. The summed E-state index contributed by atoms with van der Waals surface area (Å²) in [6, 6.07) is 0. The van der Waals surface area contributed by atoms with Gasteiger partial charge < -0.3 is 9.47 Å². The normalized spacial score (nSPS) is 11.0. The van der Waals surface area contributed by atoms with Gasteiger partial charge in [0.2, 0.25) is 0 Å². The summed E-state index contributed by atoms with van der Waals surface area (Å²) in [6.07, 6.45) is -1.58. The van der Waals surface area contributed by atoms with Gasteiger partial charge in [-0.3, -0.25) is 40.5 Å². The Labute approximate surface area is 159 Å². The molecule has 0 aliphatic carbocycles. The minimum atomic E-state index is -2.81. The summed E-state index contributed by atoms with van der Waals surface area (Å²) in [5.74, 6) is 0. The first-order valence-corrected chi connectivity index (χ1v) is 7.36. The van der Waals surface area contributed by atoms with Gasteiger partial charge in [-0.25, -0.2) is 0 Å². The van der Waals surface area contributed by atoms with Crippen LogP contribution in [0.1, 0.15) is 12.8 Å². The third-order valence-corrected chi connectivity index (χ3v) is 3.59. The van der Waals surface area contributed by atoms with Crippen molar-refractivity contribution in [2.45, 2.75) is 24.2 Å². The van der Waals surface area contributed by atoms with Crippen LogP contribution in [-0.2, 0) is 9.47 Å². The zero-order valence-electron chi connectivity index (χ0n) is 14.5. The van der Waals surface area contributed by atoms with Gasteiger partial charge >= 0.3 is 11.3 Å². The highest BCUT2D eigenvalue weighted by atomic mass is 16.7. The molecule has 160 valence electrons. The predicted molar refractivity (Wildman–Crippen MR) is 87.5 cm³/mol. The minimum absolute atomic E-state index is 0.586. The smallest absolute Gasteiger partial charge is 0.355 e. The lowest BCUT2D eigenvalue weighted by Gasteiger charge is -2.16. The third-order valence-electron chi connectivity index (χ3n) is 3.59. The first kappa shape index (κ1) is 25.1. The Morgan fingerprint density at radius 1 is 0.724 bits per heavy atom. The number of nitro groups is 4. The maximum absolute atomic E-state index is 11.0. The van der Waals surface area contributed by atoms with Crippen LogP contribution in [0.3, 0.4) is 0 Å². The molecule has 0 atom stereocenters. The average molecular weight is 422 g/mol. The Bertz CT molecular complexity index is 641. The zero-order valence-corrected chi connectivity index (χ0v) is 14.5.